The fourth-order valence-corrected chi connectivity index (χ4v) is 2.62. The lowest BCUT2D eigenvalue weighted by Gasteiger charge is -2.25. The Morgan fingerprint density at radius 3 is 2.67 bits per heavy atom. The first-order valence-electron chi connectivity index (χ1n) is 7.61. The molecule has 24 heavy (non-hydrogen) atoms. The monoisotopic (exact) mass is 327 g/mol. The van der Waals surface area contributed by atoms with E-state index in [0.29, 0.717) is 25.1 Å². The van der Waals surface area contributed by atoms with Crippen LogP contribution in [-0.2, 0) is 11.3 Å². The molecule has 0 atom stereocenters. The van der Waals surface area contributed by atoms with Crippen LogP contribution in [0.3, 0.4) is 0 Å². The number of furan rings is 1. The topological polar surface area (TPSA) is 80.0 Å². The highest BCUT2D eigenvalue weighted by Crippen LogP contribution is 2.26. The lowest BCUT2D eigenvalue weighted by molar-refractivity contribution is 0.0661. The van der Waals surface area contributed by atoms with Crippen molar-refractivity contribution < 1.29 is 23.8 Å². The molecule has 0 spiro atoms. The molecule has 0 fully saturated rings. The number of carbonyl (C=O) groups is 2. The van der Waals surface area contributed by atoms with Crippen molar-refractivity contribution >= 4 is 17.6 Å². The molecule has 0 unspecified atom stereocenters. The summed E-state index contributed by atoms with van der Waals surface area (Å²) in [5.74, 6) is -1.16. The Hall–Kier alpha value is -3.02. The normalized spacial score (nSPS) is 14.2. The minimum Gasteiger partial charge on any atom is -0.475 e. The molecule has 1 amide bonds. The summed E-state index contributed by atoms with van der Waals surface area (Å²) in [6.07, 6.45) is 3.38. The van der Waals surface area contributed by atoms with Crippen LogP contribution in [0.4, 0.5) is 4.79 Å². The average molecular weight is 327 g/mol. The van der Waals surface area contributed by atoms with Crippen molar-refractivity contribution in [3.8, 4) is 0 Å². The van der Waals surface area contributed by atoms with E-state index in [2.05, 4.69) is 0 Å². The Morgan fingerprint density at radius 1 is 1.21 bits per heavy atom. The van der Waals surface area contributed by atoms with E-state index in [1.54, 1.807) is 11.0 Å². The maximum absolute atomic E-state index is 12.1. The summed E-state index contributed by atoms with van der Waals surface area (Å²) >= 11 is 0. The predicted octanol–water partition coefficient (Wildman–Crippen LogP) is 3.40. The van der Waals surface area contributed by atoms with Crippen LogP contribution in [-0.4, -0.2) is 35.2 Å². The van der Waals surface area contributed by atoms with Gasteiger partial charge in [-0.3, -0.25) is 0 Å². The van der Waals surface area contributed by atoms with Crippen LogP contribution < -0.4 is 0 Å². The van der Waals surface area contributed by atoms with E-state index in [1.165, 1.54) is 6.26 Å². The lowest BCUT2D eigenvalue weighted by atomic mass is 10.00. The predicted molar refractivity (Wildman–Crippen MR) is 86.5 cm³/mol. The number of ether oxygens (including phenoxy) is 1. The number of rotatable bonds is 4. The van der Waals surface area contributed by atoms with Gasteiger partial charge in [-0.2, -0.15) is 0 Å². The third-order valence-corrected chi connectivity index (χ3v) is 3.88. The number of amides is 1. The highest BCUT2D eigenvalue weighted by molar-refractivity contribution is 5.91. The molecule has 6 heteroatoms. The summed E-state index contributed by atoms with van der Waals surface area (Å²) in [4.78, 5) is 24.8. The third kappa shape index (κ3) is 3.48. The first-order valence-corrected chi connectivity index (χ1v) is 7.61. The van der Waals surface area contributed by atoms with Gasteiger partial charge in [0, 0.05) is 18.7 Å². The summed E-state index contributed by atoms with van der Waals surface area (Å²) < 4.78 is 10.3. The number of hydrogen-bond donors (Lipinski definition) is 1. The molecule has 124 valence electrons. The van der Waals surface area contributed by atoms with Crippen molar-refractivity contribution in [3.63, 3.8) is 0 Å². The lowest BCUT2D eigenvalue weighted by Crippen LogP contribution is -2.35. The second-order valence-corrected chi connectivity index (χ2v) is 5.43. The summed E-state index contributed by atoms with van der Waals surface area (Å²) in [5, 5.41) is 9.10. The first kappa shape index (κ1) is 15.9. The van der Waals surface area contributed by atoms with Crippen LogP contribution in [0.25, 0.3) is 5.57 Å². The zero-order chi connectivity index (χ0) is 16.9. The Kier molecular flexibility index (Phi) is 4.65. The standard InChI is InChI=1S/C18H17NO5/c20-17(21)16-15(8-11-23-16)14-6-9-19(10-7-14)18(22)24-12-13-4-2-1-3-5-13/h1-6,8,11H,7,9-10,12H2,(H,20,21). The molecule has 1 N–H and O–H groups in total. The van der Waals surface area contributed by atoms with Crippen molar-refractivity contribution in [2.45, 2.75) is 13.0 Å². The number of carboxylic acids is 1. The minimum absolute atomic E-state index is 0.0682. The molecule has 0 radical (unpaired) electrons. The molecule has 2 aromatic rings. The zero-order valence-corrected chi connectivity index (χ0v) is 13.0. The molecule has 1 aliphatic heterocycles. The molecule has 0 aliphatic carbocycles. The van der Waals surface area contributed by atoms with Crippen LogP contribution in [0.1, 0.15) is 28.1 Å². The summed E-state index contributed by atoms with van der Waals surface area (Å²) in [5.41, 5.74) is 2.37. The SMILES string of the molecule is O=C(O)c1occc1C1=CCN(C(=O)OCc2ccccc2)CC1. The Labute approximate surface area is 138 Å². The number of nitrogens with zero attached hydrogens (tertiary/aromatic N) is 1. The second kappa shape index (κ2) is 7.04. The van der Waals surface area contributed by atoms with E-state index in [1.807, 2.05) is 36.4 Å². The molecule has 0 saturated heterocycles. The van der Waals surface area contributed by atoms with Crippen LogP contribution >= 0.6 is 0 Å². The fraction of sp³-hybridized carbons (Fsp3) is 0.222. The summed E-state index contributed by atoms with van der Waals surface area (Å²) in [6.45, 7) is 1.09. The molecule has 3 rings (SSSR count). The first-order chi connectivity index (χ1) is 11.6. The van der Waals surface area contributed by atoms with Gasteiger partial charge in [0.15, 0.2) is 0 Å². The second-order valence-electron chi connectivity index (χ2n) is 5.43. The highest BCUT2D eigenvalue weighted by Gasteiger charge is 2.23. The molecule has 0 saturated carbocycles. The molecule has 1 aromatic carbocycles. The summed E-state index contributed by atoms with van der Waals surface area (Å²) in [6, 6.07) is 11.1. The van der Waals surface area contributed by atoms with Gasteiger partial charge in [-0.15, -0.1) is 0 Å². The Bertz CT molecular complexity index is 763. The third-order valence-electron chi connectivity index (χ3n) is 3.88. The van der Waals surface area contributed by atoms with Crippen molar-refractivity contribution in [2.75, 3.05) is 13.1 Å². The van der Waals surface area contributed by atoms with Gasteiger partial charge in [-0.05, 0) is 23.6 Å². The van der Waals surface area contributed by atoms with E-state index in [-0.39, 0.29) is 18.5 Å². The molecule has 6 nitrogen and oxygen atoms in total. The van der Waals surface area contributed by atoms with E-state index < -0.39 is 5.97 Å². The molecular weight excluding hydrogens is 310 g/mol. The van der Waals surface area contributed by atoms with Crippen LogP contribution in [0, 0.1) is 0 Å². The van der Waals surface area contributed by atoms with Crippen molar-refractivity contribution in [3.05, 3.63) is 65.6 Å². The Morgan fingerprint density at radius 2 is 2.00 bits per heavy atom. The van der Waals surface area contributed by atoms with Gasteiger partial charge in [0.05, 0.1) is 6.26 Å². The van der Waals surface area contributed by atoms with E-state index in [4.69, 9.17) is 14.3 Å². The largest absolute Gasteiger partial charge is 0.475 e. The maximum Gasteiger partial charge on any atom is 0.410 e. The number of carbonyl (C=O) groups excluding carboxylic acids is 1. The van der Waals surface area contributed by atoms with E-state index in [0.717, 1.165) is 11.1 Å². The molecule has 1 aromatic heterocycles. The van der Waals surface area contributed by atoms with Gasteiger partial charge < -0.3 is 19.2 Å². The van der Waals surface area contributed by atoms with Gasteiger partial charge in [0.25, 0.3) is 0 Å². The van der Waals surface area contributed by atoms with Gasteiger partial charge >= 0.3 is 12.1 Å². The van der Waals surface area contributed by atoms with Crippen molar-refractivity contribution in [2.24, 2.45) is 0 Å². The van der Waals surface area contributed by atoms with Gasteiger partial charge in [-0.25, -0.2) is 9.59 Å². The number of aromatic carboxylic acids is 1. The van der Waals surface area contributed by atoms with Crippen molar-refractivity contribution in [1.29, 1.82) is 0 Å². The quantitative estimate of drug-likeness (QED) is 0.931. The van der Waals surface area contributed by atoms with Gasteiger partial charge in [-0.1, -0.05) is 36.4 Å². The average Bonchev–Trinajstić information content (AvgIpc) is 3.11. The summed E-state index contributed by atoms with van der Waals surface area (Å²) in [7, 11) is 0. The molecule has 2 heterocycles. The van der Waals surface area contributed by atoms with E-state index in [9.17, 15) is 9.59 Å². The van der Waals surface area contributed by atoms with Crippen LogP contribution in [0.5, 0.6) is 0 Å². The Balaban J connectivity index is 1.59. The van der Waals surface area contributed by atoms with Crippen LogP contribution in [0.15, 0.2) is 53.2 Å². The number of carboxylic acid groups (broad SMARTS) is 1. The molecular formula is C18H17NO5. The fourth-order valence-electron chi connectivity index (χ4n) is 2.62. The van der Waals surface area contributed by atoms with Crippen LogP contribution in [0.2, 0.25) is 0 Å². The van der Waals surface area contributed by atoms with Crippen molar-refractivity contribution in [1.82, 2.24) is 4.90 Å². The number of benzene rings is 1. The van der Waals surface area contributed by atoms with E-state index >= 15 is 0 Å². The molecule has 1 aliphatic rings. The van der Waals surface area contributed by atoms with Gasteiger partial charge in [0.1, 0.15) is 6.61 Å². The maximum atomic E-state index is 12.1. The number of hydrogen-bond acceptors (Lipinski definition) is 4. The smallest absolute Gasteiger partial charge is 0.410 e. The zero-order valence-electron chi connectivity index (χ0n) is 13.0. The van der Waals surface area contributed by atoms with Gasteiger partial charge in [0.2, 0.25) is 5.76 Å². The highest BCUT2D eigenvalue weighted by atomic mass is 16.6. The molecule has 0 bridgehead atoms. The minimum atomic E-state index is -1.10.